The Morgan fingerprint density at radius 1 is 1.19 bits per heavy atom. The number of nitrogens with zero attached hydrogens (tertiary/aromatic N) is 2. The maximum atomic E-state index is 4.53. The molecule has 2 heterocycles. The Balaban J connectivity index is 0.000000397. The third kappa shape index (κ3) is 4.69. The monoisotopic (exact) mass is 448 g/mol. The van der Waals surface area contributed by atoms with Crippen molar-refractivity contribution in [1.82, 2.24) is 4.90 Å². The van der Waals surface area contributed by atoms with Crippen molar-refractivity contribution in [2.24, 2.45) is 0 Å². The molecule has 0 amide bonds. The molecule has 2 aliphatic heterocycles. The molecule has 0 aromatic carbocycles. The summed E-state index contributed by atoms with van der Waals surface area (Å²) < 4.78 is 0. The first kappa shape index (κ1) is 17.0. The van der Waals surface area contributed by atoms with E-state index in [1.807, 2.05) is 0 Å². The Bertz CT molecular complexity index is 196. The van der Waals surface area contributed by atoms with Gasteiger partial charge in [0.05, 0.1) is 0 Å². The molecule has 2 saturated heterocycles. The molecule has 2 fully saturated rings. The SMILES string of the molecule is CC(C)(C)N1CC2[N-]CCC21.C[C-](C)C.[U+2]. The molecule has 0 spiro atoms. The van der Waals surface area contributed by atoms with Gasteiger partial charge in [0.2, 0.25) is 0 Å². The number of rotatable bonds is 0. The van der Waals surface area contributed by atoms with Crippen LogP contribution in [-0.4, -0.2) is 35.6 Å². The first-order valence-corrected chi connectivity index (χ1v) is 6.02. The van der Waals surface area contributed by atoms with Gasteiger partial charge in [-0.2, -0.15) is 20.8 Å². The van der Waals surface area contributed by atoms with Crippen LogP contribution in [0.15, 0.2) is 0 Å². The van der Waals surface area contributed by atoms with Crippen molar-refractivity contribution in [3.05, 3.63) is 11.2 Å². The normalized spacial score (nSPS) is 28.7. The molecule has 0 bridgehead atoms. The van der Waals surface area contributed by atoms with E-state index < -0.39 is 0 Å². The van der Waals surface area contributed by atoms with Crippen molar-refractivity contribution >= 4 is 0 Å². The number of hydrogen-bond donors (Lipinski definition) is 0. The summed E-state index contributed by atoms with van der Waals surface area (Å²) in [5, 5.41) is 4.53. The minimum Gasteiger partial charge on any atom is -0.657 e. The maximum Gasteiger partial charge on any atom is 2.00 e. The predicted molar refractivity (Wildman–Crippen MR) is 67.1 cm³/mol. The Hall–Kier alpha value is 0.972. The van der Waals surface area contributed by atoms with Crippen LogP contribution in [0, 0.1) is 37.0 Å². The summed E-state index contributed by atoms with van der Waals surface area (Å²) in [5.74, 6) is 1.42. The average molecular weight is 448 g/mol. The zero-order valence-corrected chi connectivity index (χ0v) is 15.8. The molecule has 2 atom stereocenters. The molecule has 2 nitrogen and oxygen atoms in total. The summed E-state index contributed by atoms with van der Waals surface area (Å²) in [4.78, 5) is 2.58. The topological polar surface area (TPSA) is 17.3 Å². The van der Waals surface area contributed by atoms with Gasteiger partial charge in [-0.15, -0.1) is 12.6 Å². The molecule has 0 aromatic heterocycles. The van der Waals surface area contributed by atoms with Crippen molar-refractivity contribution < 1.29 is 31.1 Å². The van der Waals surface area contributed by atoms with Crippen LogP contribution in [0.5, 0.6) is 0 Å². The standard InChI is InChI=1S/C9H17N2.C4H9.U/c1-9(2,3)11-6-7-8(11)4-5-10-7;1-4(2)3;/h7-8H,4-6H2,1-3H3;1-3H3;/q2*-1;+2. The molecule has 92 valence electrons. The summed E-state index contributed by atoms with van der Waals surface area (Å²) in [6, 6.07) is 1.48. The van der Waals surface area contributed by atoms with Gasteiger partial charge in [0.25, 0.3) is 0 Å². The molecular formula is C13H26N2U. The number of fused-ring (bicyclic) bond motifs is 1. The summed E-state index contributed by atoms with van der Waals surface area (Å²) in [6.07, 6.45) is 1.29. The van der Waals surface area contributed by atoms with E-state index in [0.717, 1.165) is 12.6 Å². The second kappa shape index (κ2) is 6.78. The third-order valence-corrected chi connectivity index (χ3v) is 2.88. The van der Waals surface area contributed by atoms with E-state index in [9.17, 15) is 0 Å². The van der Waals surface area contributed by atoms with Gasteiger partial charge in [-0.3, -0.25) is 4.90 Å². The fraction of sp³-hybridized carbons (Fsp3) is 0.923. The van der Waals surface area contributed by atoms with Gasteiger partial charge in [0.15, 0.2) is 0 Å². The molecule has 0 aliphatic carbocycles. The van der Waals surface area contributed by atoms with Crippen LogP contribution in [-0.2, 0) is 0 Å². The minimum absolute atomic E-state index is 0. The van der Waals surface area contributed by atoms with E-state index in [-0.39, 0.29) is 31.1 Å². The average Bonchev–Trinajstić information content (AvgIpc) is 2.27. The summed E-state index contributed by atoms with van der Waals surface area (Å²) in [7, 11) is 0. The Morgan fingerprint density at radius 3 is 2.06 bits per heavy atom. The molecule has 2 unspecified atom stereocenters. The third-order valence-electron chi connectivity index (χ3n) is 2.88. The van der Waals surface area contributed by atoms with Crippen molar-refractivity contribution in [3.63, 3.8) is 0 Å². The van der Waals surface area contributed by atoms with Crippen molar-refractivity contribution in [2.45, 2.75) is 65.6 Å². The first-order valence-electron chi connectivity index (χ1n) is 6.02. The second-order valence-electron chi connectivity index (χ2n) is 6.15. The predicted octanol–water partition coefficient (Wildman–Crippen LogP) is 3.24. The van der Waals surface area contributed by atoms with Gasteiger partial charge in [-0.1, -0.05) is 6.42 Å². The van der Waals surface area contributed by atoms with Gasteiger partial charge in [0.1, 0.15) is 0 Å². The van der Waals surface area contributed by atoms with E-state index >= 15 is 0 Å². The number of likely N-dealkylation sites (tertiary alicyclic amines) is 1. The van der Waals surface area contributed by atoms with Crippen molar-refractivity contribution in [3.8, 4) is 0 Å². The molecule has 0 radical (unpaired) electrons. The van der Waals surface area contributed by atoms with Crippen molar-refractivity contribution in [1.29, 1.82) is 0 Å². The Morgan fingerprint density at radius 2 is 1.69 bits per heavy atom. The summed E-state index contributed by atoms with van der Waals surface area (Å²) in [6.45, 7) is 15.4. The molecule has 0 saturated carbocycles. The maximum absolute atomic E-state index is 4.53. The van der Waals surface area contributed by atoms with E-state index in [4.69, 9.17) is 0 Å². The second-order valence-corrected chi connectivity index (χ2v) is 6.15. The van der Waals surface area contributed by atoms with Gasteiger partial charge in [-0.05, 0) is 33.4 Å². The molecule has 3 heteroatoms. The van der Waals surface area contributed by atoms with Crippen LogP contribution in [0.25, 0.3) is 5.32 Å². The summed E-state index contributed by atoms with van der Waals surface area (Å²) >= 11 is 0. The van der Waals surface area contributed by atoms with E-state index in [1.54, 1.807) is 0 Å². The van der Waals surface area contributed by atoms with E-state index in [0.29, 0.717) is 11.6 Å². The van der Waals surface area contributed by atoms with Gasteiger partial charge in [0, 0.05) is 5.54 Å². The largest absolute Gasteiger partial charge is 2.00 e. The molecule has 0 N–H and O–H groups in total. The van der Waals surface area contributed by atoms with Crippen LogP contribution >= 0.6 is 0 Å². The Kier molecular flexibility index (Phi) is 7.20. The quantitative estimate of drug-likeness (QED) is 0.521. The minimum atomic E-state index is 0. The van der Waals surface area contributed by atoms with Gasteiger partial charge in [-0.25, -0.2) is 0 Å². The molecular weight excluding hydrogens is 422 g/mol. The van der Waals surface area contributed by atoms with E-state index in [2.05, 4.69) is 51.8 Å². The zero-order valence-electron chi connectivity index (χ0n) is 11.7. The van der Waals surface area contributed by atoms with Crippen molar-refractivity contribution in [2.75, 3.05) is 13.1 Å². The Labute approximate surface area is 125 Å². The zero-order chi connectivity index (χ0) is 11.6. The number of hydrogen-bond acceptors (Lipinski definition) is 1. The first-order chi connectivity index (χ1) is 6.82. The fourth-order valence-corrected chi connectivity index (χ4v) is 2.20. The van der Waals surface area contributed by atoms with Crippen LogP contribution in [0.3, 0.4) is 0 Å². The summed E-state index contributed by atoms with van der Waals surface area (Å²) in [5.41, 5.74) is 0.362. The fourth-order valence-electron chi connectivity index (χ4n) is 2.20. The van der Waals surface area contributed by atoms with E-state index in [1.165, 1.54) is 18.9 Å². The van der Waals surface area contributed by atoms with Gasteiger partial charge < -0.3 is 11.2 Å². The van der Waals surface area contributed by atoms with Crippen LogP contribution in [0.2, 0.25) is 0 Å². The smallest absolute Gasteiger partial charge is 0.657 e. The van der Waals surface area contributed by atoms with Crippen LogP contribution < -0.4 is 0 Å². The van der Waals surface area contributed by atoms with Gasteiger partial charge >= 0.3 is 31.1 Å². The van der Waals surface area contributed by atoms with Crippen LogP contribution in [0.1, 0.15) is 48.0 Å². The molecule has 2 aliphatic rings. The molecule has 2 rings (SSSR count). The van der Waals surface area contributed by atoms with Crippen LogP contribution in [0.4, 0.5) is 0 Å². The molecule has 0 aromatic rings. The molecule has 16 heavy (non-hydrogen) atoms.